The van der Waals surface area contributed by atoms with Crippen LogP contribution in [0.3, 0.4) is 0 Å². The van der Waals surface area contributed by atoms with Gasteiger partial charge >= 0.3 is 6.09 Å². The van der Waals surface area contributed by atoms with Crippen molar-refractivity contribution in [1.29, 1.82) is 0 Å². The van der Waals surface area contributed by atoms with Crippen LogP contribution in [-0.4, -0.2) is 49.3 Å². The van der Waals surface area contributed by atoms with E-state index in [4.69, 9.17) is 4.74 Å². The van der Waals surface area contributed by atoms with Crippen LogP contribution >= 0.6 is 0 Å². The van der Waals surface area contributed by atoms with Crippen LogP contribution in [0.25, 0.3) is 0 Å². The zero-order valence-electron chi connectivity index (χ0n) is 13.8. The van der Waals surface area contributed by atoms with Gasteiger partial charge in [-0.3, -0.25) is 0 Å². The average Bonchev–Trinajstić information content (AvgIpc) is 2.54. The number of piperidine rings is 1. The van der Waals surface area contributed by atoms with E-state index in [1.54, 1.807) is 0 Å². The number of nitrogens with zero attached hydrogens (tertiary/aromatic N) is 1. The summed E-state index contributed by atoms with van der Waals surface area (Å²) in [4.78, 5) is 14.2. The molecule has 3 rings (SSSR count). The van der Waals surface area contributed by atoms with Crippen molar-refractivity contribution in [2.75, 3.05) is 20.1 Å². The van der Waals surface area contributed by atoms with Gasteiger partial charge in [-0.1, -0.05) is 30.3 Å². The fourth-order valence-electron chi connectivity index (χ4n) is 3.31. The number of hydrogen-bond donors (Lipinski definition) is 2. The number of ether oxygens (including phenoxy) is 1. The molecule has 0 radical (unpaired) electrons. The van der Waals surface area contributed by atoms with Crippen molar-refractivity contribution in [2.24, 2.45) is 0 Å². The summed E-state index contributed by atoms with van der Waals surface area (Å²) < 4.78 is 5.26. The predicted molar refractivity (Wildman–Crippen MR) is 90.2 cm³/mol. The Kier molecular flexibility index (Phi) is 5.51. The molecule has 1 saturated carbocycles. The Hall–Kier alpha value is -1.59. The summed E-state index contributed by atoms with van der Waals surface area (Å²) in [5, 5.41) is 6.67. The molecule has 0 unspecified atom stereocenters. The van der Waals surface area contributed by atoms with Gasteiger partial charge in [0.2, 0.25) is 0 Å². The molecule has 1 aromatic carbocycles. The molecule has 2 N–H and O–H groups in total. The number of nitrogens with one attached hydrogen (secondary N) is 2. The number of hydrogen-bond acceptors (Lipinski definition) is 4. The van der Waals surface area contributed by atoms with Crippen molar-refractivity contribution < 1.29 is 9.53 Å². The number of rotatable bonds is 5. The minimum absolute atomic E-state index is 0.252. The number of likely N-dealkylation sites (tertiary alicyclic amines) is 1. The molecule has 2 fully saturated rings. The summed E-state index contributed by atoms with van der Waals surface area (Å²) in [6, 6.07) is 11.2. The molecule has 1 heterocycles. The third-order valence-corrected chi connectivity index (χ3v) is 4.86. The second kappa shape index (κ2) is 7.79. The average molecular weight is 317 g/mol. The van der Waals surface area contributed by atoms with E-state index in [1.807, 2.05) is 30.3 Å². The molecule has 0 aromatic heterocycles. The first-order valence-corrected chi connectivity index (χ1v) is 8.61. The molecule has 5 nitrogen and oxygen atoms in total. The largest absolute Gasteiger partial charge is 0.445 e. The highest BCUT2D eigenvalue weighted by Crippen LogP contribution is 2.22. The Morgan fingerprint density at radius 3 is 2.52 bits per heavy atom. The van der Waals surface area contributed by atoms with Gasteiger partial charge in [-0.15, -0.1) is 0 Å². The molecule has 23 heavy (non-hydrogen) atoms. The van der Waals surface area contributed by atoms with Crippen molar-refractivity contribution in [3.05, 3.63) is 35.9 Å². The summed E-state index contributed by atoms with van der Waals surface area (Å²) in [5.41, 5.74) is 1.01. The Bertz CT molecular complexity index is 494. The van der Waals surface area contributed by atoms with E-state index in [9.17, 15) is 4.79 Å². The van der Waals surface area contributed by atoms with Gasteiger partial charge in [0.1, 0.15) is 6.61 Å². The molecule has 0 spiro atoms. The fourth-order valence-corrected chi connectivity index (χ4v) is 3.31. The third-order valence-electron chi connectivity index (χ3n) is 4.86. The number of amides is 1. The minimum Gasteiger partial charge on any atom is -0.445 e. The lowest BCUT2D eigenvalue weighted by molar-refractivity contribution is 0.122. The summed E-state index contributed by atoms with van der Waals surface area (Å²) >= 11 is 0. The molecule has 1 aliphatic heterocycles. The van der Waals surface area contributed by atoms with E-state index in [0.29, 0.717) is 18.7 Å². The van der Waals surface area contributed by atoms with Crippen molar-refractivity contribution in [2.45, 2.75) is 50.4 Å². The molecule has 1 amide bonds. The lowest BCUT2D eigenvalue weighted by atomic mass is 9.85. The lowest BCUT2D eigenvalue weighted by Gasteiger charge is -2.40. The zero-order chi connectivity index (χ0) is 16.1. The summed E-state index contributed by atoms with van der Waals surface area (Å²) in [7, 11) is 2.18. The van der Waals surface area contributed by atoms with Gasteiger partial charge in [-0.2, -0.15) is 0 Å². The van der Waals surface area contributed by atoms with Crippen molar-refractivity contribution in [3.63, 3.8) is 0 Å². The minimum atomic E-state index is -0.309. The highest BCUT2D eigenvalue weighted by atomic mass is 16.5. The van der Waals surface area contributed by atoms with E-state index >= 15 is 0 Å². The molecular formula is C18H27N3O2. The first kappa shape index (κ1) is 16.3. The number of carbonyl (C=O) groups is 1. The van der Waals surface area contributed by atoms with Crippen LogP contribution in [0.4, 0.5) is 4.79 Å². The third kappa shape index (κ3) is 4.94. The fraction of sp³-hybridized carbons (Fsp3) is 0.611. The molecule has 0 atom stereocenters. The van der Waals surface area contributed by atoms with E-state index in [2.05, 4.69) is 22.6 Å². The number of carbonyl (C=O) groups excluding carboxylic acids is 1. The molecule has 0 bridgehead atoms. The van der Waals surface area contributed by atoms with Crippen molar-refractivity contribution >= 4 is 6.09 Å². The van der Waals surface area contributed by atoms with Crippen LogP contribution < -0.4 is 10.6 Å². The van der Waals surface area contributed by atoms with Crippen LogP contribution in [0.1, 0.15) is 31.2 Å². The normalized spacial score (nSPS) is 25.6. The predicted octanol–water partition coefficient (Wildman–Crippen LogP) is 2.13. The maximum absolute atomic E-state index is 11.8. The lowest BCUT2D eigenvalue weighted by Crippen LogP contribution is -2.56. The van der Waals surface area contributed by atoms with Crippen molar-refractivity contribution in [1.82, 2.24) is 15.5 Å². The Morgan fingerprint density at radius 2 is 1.83 bits per heavy atom. The summed E-state index contributed by atoms with van der Waals surface area (Å²) in [6.07, 6.45) is 4.16. The summed E-state index contributed by atoms with van der Waals surface area (Å²) in [6.45, 7) is 2.69. The van der Waals surface area contributed by atoms with Crippen LogP contribution in [0, 0.1) is 0 Å². The Balaban J connectivity index is 1.28. The molecule has 1 aliphatic carbocycles. The highest BCUT2D eigenvalue weighted by molar-refractivity contribution is 5.67. The topological polar surface area (TPSA) is 53.6 Å². The van der Waals surface area contributed by atoms with E-state index in [1.165, 1.54) is 25.9 Å². The quantitative estimate of drug-likeness (QED) is 0.873. The Labute approximate surface area is 138 Å². The molecule has 126 valence electrons. The van der Waals surface area contributed by atoms with Crippen LogP contribution in [0.5, 0.6) is 0 Å². The molecule has 2 aliphatic rings. The van der Waals surface area contributed by atoms with Crippen LogP contribution in [0.15, 0.2) is 30.3 Å². The number of alkyl carbamates (subject to hydrolysis) is 1. The van der Waals surface area contributed by atoms with Gasteiger partial charge in [-0.25, -0.2) is 4.79 Å². The van der Waals surface area contributed by atoms with Gasteiger partial charge in [-0.05, 0) is 51.4 Å². The smallest absolute Gasteiger partial charge is 0.407 e. The van der Waals surface area contributed by atoms with Gasteiger partial charge in [0.25, 0.3) is 0 Å². The van der Waals surface area contributed by atoms with Crippen LogP contribution in [-0.2, 0) is 11.3 Å². The molecule has 1 saturated heterocycles. The highest BCUT2D eigenvalue weighted by Gasteiger charge is 2.32. The second-order valence-electron chi connectivity index (χ2n) is 6.82. The van der Waals surface area contributed by atoms with Gasteiger partial charge in [0, 0.05) is 18.1 Å². The first-order chi connectivity index (χ1) is 11.2. The maximum atomic E-state index is 11.8. The van der Waals surface area contributed by atoms with Gasteiger partial charge in [0.05, 0.1) is 0 Å². The summed E-state index contributed by atoms with van der Waals surface area (Å²) in [5.74, 6) is 0. The van der Waals surface area contributed by atoms with E-state index in [-0.39, 0.29) is 12.1 Å². The van der Waals surface area contributed by atoms with Gasteiger partial charge in [0.15, 0.2) is 0 Å². The standard InChI is InChI=1S/C18H27N3O2/c1-21-9-7-15(8-10-21)19-16-11-17(12-16)20-18(22)23-13-14-5-3-2-4-6-14/h2-6,15-17,19H,7-13H2,1H3,(H,20,22). The molecule has 1 aromatic rings. The van der Waals surface area contributed by atoms with E-state index < -0.39 is 0 Å². The Morgan fingerprint density at radius 1 is 1.13 bits per heavy atom. The van der Waals surface area contributed by atoms with E-state index in [0.717, 1.165) is 18.4 Å². The second-order valence-corrected chi connectivity index (χ2v) is 6.82. The monoisotopic (exact) mass is 317 g/mol. The van der Waals surface area contributed by atoms with Gasteiger partial charge < -0.3 is 20.3 Å². The molecule has 5 heteroatoms. The number of benzene rings is 1. The maximum Gasteiger partial charge on any atom is 0.407 e. The first-order valence-electron chi connectivity index (χ1n) is 8.61. The zero-order valence-corrected chi connectivity index (χ0v) is 13.8. The molecular weight excluding hydrogens is 290 g/mol. The SMILES string of the molecule is CN1CCC(NC2CC(NC(=O)OCc3ccccc3)C2)CC1. The van der Waals surface area contributed by atoms with Crippen molar-refractivity contribution in [3.8, 4) is 0 Å². The van der Waals surface area contributed by atoms with Crippen LogP contribution in [0.2, 0.25) is 0 Å².